The fraction of sp³-hybridized carbons (Fsp3) is 0.533. The maximum absolute atomic E-state index is 12.4. The molecule has 0 radical (unpaired) electrons. The van der Waals surface area contributed by atoms with Crippen LogP contribution in [-0.2, 0) is 19.6 Å². The molecule has 0 fully saturated rings. The van der Waals surface area contributed by atoms with E-state index in [1.54, 1.807) is 37.7 Å². The lowest BCUT2D eigenvalue weighted by Gasteiger charge is -2.19. The Balaban J connectivity index is 2.94. The van der Waals surface area contributed by atoms with Crippen LogP contribution in [0.4, 0.5) is 0 Å². The third-order valence-electron chi connectivity index (χ3n) is 2.84. The van der Waals surface area contributed by atoms with Crippen LogP contribution in [0.5, 0.6) is 0 Å². The second-order valence-corrected chi connectivity index (χ2v) is 7.96. The lowest BCUT2D eigenvalue weighted by molar-refractivity contribution is -0.149. The number of nitrogens with one attached hydrogen (secondary N) is 1. The first-order valence-electron chi connectivity index (χ1n) is 7.04. The van der Waals surface area contributed by atoms with E-state index >= 15 is 0 Å². The Bertz CT molecular complexity index is 599. The molecule has 0 saturated carbocycles. The molecule has 1 rings (SSSR count). The zero-order valence-electron chi connectivity index (χ0n) is 13.3. The number of benzene rings is 1. The maximum Gasteiger partial charge on any atom is 0.324 e. The number of esters is 1. The van der Waals surface area contributed by atoms with E-state index in [0.717, 1.165) is 5.56 Å². The highest BCUT2D eigenvalue weighted by atomic mass is 32.2. The minimum absolute atomic E-state index is 0.152. The van der Waals surface area contributed by atoms with E-state index in [1.165, 1.54) is 6.07 Å². The second kappa shape index (κ2) is 8.55. The van der Waals surface area contributed by atoms with Gasteiger partial charge in [0.15, 0.2) is 0 Å². The van der Waals surface area contributed by atoms with Crippen LogP contribution in [0.15, 0.2) is 29.2 Å². The average molecular weight is 345 g/mol. The second-order valence-electron chi connectivity index (χ2n) is 5.26. The number of thioether (sulfide) groups is 1. The zero-order valence-corrected chi connectivity index (χ0v) is 15.0. The monoisotopic (exact) mass is 345 g/mol. The van der Waals surface area contributed by atoms with Gasteiger partial charge in [-0.3, -0.25) is 4.79 Å². The number of carbonyl (C=O) groups excluding carboxylic acids is 1. The molecule has 0 saturated heterocycles. The summed E-state index contributed by atoms with van der Waals surface area (Å²) in [6, 6.07) is 5.70. The van der Waals surface area contributed by atoms with Crippen molar-refractivity contribution in [3.05, 3.63) is 29.8 Å². The maximum atomic E-state index is 12.4. The molecule has 0 heterocycles. The molecule has 1 atom stereocenters. The van der Waals surface area contributed by atoms with Crippen molar-refractivity contribution in [2.45, 2.75) is 44.2 Å². The molecule has 22 heavy (non-hydrogen) atoms. The third-order valence-corrected chi connectivity index (χ3v) is 4.96. The summed E-state index contributed by atoms with van der Waals surface area (Å²) in [5.41, 5.74) is 0.841. The Morgan fingerprint density at radius 2 is 2.05 bits per heavy atom. The number of sulfonamides is 1. The standard InChI is InChI=1S/C15H23NO4S2/c1-11(2)20-15(17)14(8-9-21-4)16-22(18,19)13-7-5-6-12(3)10-13/h5-7,10-11,14,16H,8-9H2,1-4H3. The van der Waals surface area contributed by atoms with Crippen LogP contribution in [0.2, 0.25) is 0 Å². The molecule has 1 aromatic rings. The van der Waals surface area contributed by atoms with Gasteiger partial charge in [-0.05, 0) is 56.9 Å². The summed E-state index contributed by atoms with van der Waals surface area (Å²) in [5.74, 6) is 0.120. The molecule has 0 spiro atoms. The normalized spacial score (nSPS) is 13.1. The van der Waals surface area contributed by atoms with Crippen LogP contribution in [0.1, 0.15) is 25.8 Å². The van der Waals surface area contributed by atoms with Crippen molar-refractivity contribution >= 4 is 27.8 Å². The minimum atomic E-state index is -3.75. The summed E-state index contributed by atoms with van der Waals surface area (Å²) in [6.45, 7) is 5.29. The molecule has 0 amide bonds. The first kappa shape index (κ1) is 19.0. The van der Waals surface area contributed by atoms with E-state index in [0.29, 0.717) is 12.2 Å². The number of carbonyl (C=O) groups is 1. The highest BCUT2D eigenvalue weighted by Gasteiger charge is 2.27. The molecule has 0 aliphatic carbocycles. The molecular formula is C15H23NO4S2. The van der Waals surface area contributed by atoms with Crippen molar-refractivity contribution in [1.29, 1.82) is 0 Å². The third kappa shape index (κ3) is 5.98. The smallest absolute Gasteiger partial charge is 0.324 e. The molecule has 0 bridgehead atoms. The van der Waals surface area contributed by atoms with Gasteiger partial charge in [0.2, 0.25) is 10.0 Å². The Hall–Kier alpha value is -1.05. The molecule has 0 aliphatic rings. The van der Waals surface area contributed by atoms with Gasteiger partial charge in [-0.1, -0.05) is 12.1 Å². The topological polar surface area (TPSA) is 72.5 Å². The fourth-order valence-electron chi connectivity index (χ4n) is 1.81. The minimum Gasteiger partial charge on any atom is -0.462 e. The van der Waals surface area contributed by atoms with E-state index in [1.807, 2.05) is 19.2 Å². The van der Waals surface area contributed by atoms with Crippen molar-refractivity contribution in [2.24, 2.45) is 0 Å². The van der Waals surface area contributed by atoms with Gasteiger partial charge in [-0.15, -0.1) is 0 Å². The van der Waals surface area contributed by atoms with Gasteiger partial charge in [0.25, 0.3) is 0 Å². The van der Waals surface area contributed by atoms with E-state index < -0.39 is 22.0 Å². The van der Waals surface area contributed by atoms with Crippen molar-refractivity contribution in [2.75, 3.05) is 12.0 Å². The predicted octanol–water partition coefficient (Wildman–Crippen LogP) is 2.35. The Kier molecular flexibility index (Phi) is 7.38. The summed E-state index contributed by atoms with van der Waals surface area (Å²) in [4.78, 5) is 12.2. The van der Waals surface area contributed by atoms with Crippen LogP contribution in [0, 0.1) is 6.92 Å². The average Bonchev–Trinajstić information content (AvgIpc) is 2.42. The van der Waals surface area contributed by atoms with Crippen LogP contribution in [0.3, 0.4) is 0 Å². The van der Waals surface area contributed by atoms with E-state index in [2.05, 4.69) is 4.72 Å². The molecule has 1 N–H and O–H groups in total. The van der Waals surface area contributed by atoms with Crippen molar-refractivity contribution in [3.63, 3.8) is 0 Å². The first-order valence-corrected chi connectivity index (χ1v) is 9.92. The highest BCUT2D eigenvalue weighted by molar-refractivity contribution is 7.98. The summed E-state index contributed by atoms with van der Waals surface area (Å²) < 4.78 is 32.4. The van der Waals surface area contributed by atoms with E-state index in [4.69, 9.17) is 4.74 Å². The highest BCUT2D eigenvalue weighted by Crippen LogP contribution is 2.13. The Labute approximate surface area is 136 Å². The summed E-state index contributed by atoms with van der Waals surface area (Å²) in [5, 5.41) is 0. The molecule has 7 heteroatoms. The van der Waals surface area contributed by atoms with Gasteiger partial charge in [-0.25, -0.2) is 8.42 Å². The van der Waals surface area contributed by atoms with E-state index in [9.17, 15) is 13.2 Å². The molecular weight excluding hydrogens is 322 g/mol. The SMILES string of the molecule is CSCCC(NS(=O)(=O)c1cccc(C)c1)C(=O)OC(C)C. The summed E-state index contributed by atoms with van der Waals surface area (Å²) in [6.07, 6.45) is 2.00. The fourth-order valence-corrected chi connectivity index (χ4v) is 3.61. The lowest BCUT2D eigenvalue weighted by atomic mass is 10.2. The molecule has 0 aromatic heterocycles. The van der Waals surface area contributed by atoms with Crippen LogP contribution in [-0.4, -0.2) is 38.5 Å². The summed E-state index contributed by atoms with van der Waals surface area (Å²) >= 11 is 1.55. The van der Waals surface area contributed by atoms with Crippen LogP contribution >= 0.6 is 11.8 Å². The Morgan fingerprint density at radius 3 is 2.59 bits per heavy atom. The Morgan fingerprint density at radius 1 is 1.36 bits per heavy atom. The molecule has 124 valence electrons. The van der Waals surface area contributed by atoms with Gasteiger partial charge >= 0.3 is 5.97 Å². The van der Waals surface area contributed by atoms with Gasteiger partial charge in [0.05, 0.1) is 11.0 Å². The molecule has 1 unspecified atom stereocenters. The van der Waals surface area contributed by atoms with Crippen LogP contribution in [0.25, 0.3) is 0 Å². The van der Waals surface area contributed by atoms with Crippen molar-refractivity contribution in [1.82, 2.24) is 4.72 Å². The summed E-state index contributed by atoms with van der Waals surface area (Å²) in [7, 11) is -3.75. The number of aryl methyl sites for hydroxylation is 1. The van der Waals surface area contributed by atoms with Gasteiger partial charge in [0.1, 0.15) is 6.04 Å². The van der Waals surface area contributed by atoms with Gasteiger partial charge < -0.3 is 4.74 Å². The van der Waals surface area contributed by atoms with Gasteiger partial charge in [0, 0.05) is 0 Å². The van der Waals surface area contributed by atoms with Crippen molar-refractivity contribution in [3.8, 4) is 0 Å². The lowest BCUT2D eigenvalue weighted by Crippen LogP contribution is -2.42. The zero-order chi connectivity index (χ0) is 16.8. The number of rotatable bonds is 8. The first-order chi connectivity index (χ1) is 10.3. The quantitative estimate of drug-likeness (QED) is 0.732. The molecule has 1 aromatic carbocycles. The van der Waals surface area contributed by atoms with Crippen molar-refractivity contribution < 1.29 is 17.9 Å². The van der Waals surface area contributed by atoms with E-state index in [-0.39, 0.29) is 11.0 Å². The molecule has 5 nitrogen and oxygen atoms in total. The largest absolute Gasteiger partial charge is 0.462 e. The van der Waals surface area contributed by atoms with Gasteiger partial charge in [-0.2, -0.15) is 16.5 Å². The molecule has 0 aliphatic heterocycles. The predicted molar refractivity (Wildman–Crippen MR) is 89.5 cm³/mol. The number of ether oxygens (including phenoxy) is 1. The number of hydrogen-bond acceptors (Lipinski definition) is 5. The number of hydrogen-bond donors (Lipinski definition) is 1. The van der Waals surface area contributed by atoms with Crippen LogP contribution < -0.4 is 4.72 Å².